The van der Waals surface area contributed by atoms with Gasteiger partial charge in [-0.2, -0.15) is 0 Å². The average molecular weight is 394 g/mol. The monoisotopic (exact) mass is 393 g/mol. The van der Waals surface area contributed by atoms with Crippen molar-refractivity contribution in [1.82, 2.24) is 30.4 Å². The molecule has 0 saturated heterocycles. The zero-order valence-corrected chi connectivity index (χ0v) is 17.6. The molecule has 0 aliphatic carbocycles. The molecular weight excluding hydrogens is 362 g/mol. The Hall–Kier alpha value is -2.00. The van der Waals surface area contributed by atoms with Crippen LogP contribution in [-0.4, -0.2) is 52.0 Å². The van der Waals surface area contributed by atoms with Crippen LogP contribution in [0.1, 0.15) is 41.8 Å². The van der Waals surface area contributed by atoms with Gasteiger partial charge in [-0.25, -0.2) is 9.98 Å². The quantitative estimate of drug-likeness (QED) is 0.344. The Morgan fingerprint density at radius 2 is 2.07 bits per heavy atom. The molecule has 0 aliphatic rings. The number of rotatable bonds is 11. The van der Waals surface area contributed by atoms with Gasteiger partial charge in [-0.1, -0.05) is 6.92 Å². The Morgan fingerprint density at radius 3 is 2.74 bits per heavy atom. The molecule has 0 aliphatic heterocycles. The van der Waals surface area contributed by atoms with Crippen LogP contribution in [0.4, 0.5) is 0 Å². The van der Waals surface area contributed by atoms with Crippen molar-refractivity contribution in [2.75, 3.05) is 26.3 Å². The van der Waals surface area contributed by atoms with Crippen molar-refractivity contribution in [2.24, 2.45) is 12.0 Å². The molecule has 150 valence electrons. The van der Waals surface area contributed by atoms with Gasteiger partial charge >= 0.3 is 0 Å². The molecule has 2 aromatic rings. The van der Waals surface area contributed by atoms with Crippen LogP contribution in [0.3, 0.4) is 0 Å². The topological polar surface area (TPSA) is 89.2 Å². The van der Waals surface area contributed by atoms with Crippen LogP contribution >= 0.6 is 11.3 Å². The molecule has 0 aromatic carbocycles. The molecular formula is C18H31N7OS. The summed E-state index contributed by atoms with van der Waals surface area (Å²) in [6, 6.07) is 0. The maximum absolute atomic E-state index is 5.39. The van der Waals surface area contributed by atoms with Crippen molar-refractivity contribution in [3.05, 3.63) is 27.7 Å². The van der Waals surface area contributed by atoms with Crippen molar-refractivity contribution in [2.45, 2.75) is 46.6 Å². The van der Waals surface area contributed by atoms with Crippen LogP contribution in [-0.2, 0) is 31.2 Å². The molecule has 2 aromatic heterocycles. The number of aromatic nitrogens is 4. The van der Waals surface area contributed by atoms with Gasteiger partial charge < -0.3 is 19.9 Å². The number of ether oxygens (including phenoxy) is 1. The Kier molecular flexibility index (Phi) is 9.20. The summed E-state index contributed by atoms with van der Waals surface area (Å²) in [5.74, 6) is 2.50. The second-order valence-electron chi connectivity index (χ2n) is 6.12. The standard InChI is InChI=1S/C18H31N7OS/c1-5-15-12-21-17(27-15)8-10-20-18(19-9-7-11-26-6-2)22-13-16-24-23-14(3)25(16)4/h12H,5-11,13H2,1-4H3,(H2,19,20,22). The number of aliphatic imine (C=N–C) groups is 1. The second kappa shape index (κ2) is 11.7. The van der Waals surface area contributed by atoms with E-state index in [0.29, 0.717) is 6.54 Å². The summed E-state index contributed by atoms with van der Waals surface area (Å²) in [6.45, 7) is 9.66. The molecule has 8 nitrogen and oxygen atoms in total. The fourth-order valence-corrected chi connectivity index (χ4v) is 3.21. The van der Waals surface area contributed by atoms with Crippen molar-refractivity contribution >= 4 is 17.3 Å². The summed E-state index contributed by atoms with van der Waals surface area (Å²) in [5, 5.41) is 16.2. The third-order valence-electron chi connectivity index (χ3n) is 4.10. The summed E-state index contributed by atoms with van der Waals surface area (Å²) < 4.78 is 7.34. The van der Waals surface area contributed by atoms with E-state index in [1.807, 2.05) is 31.7 Å². The molecule has 0 unspecified atom stereocenters. The minimum atomic E-state index is 0.482. The highest BCUT2D eigenvalue weighted by Gasteiger charge is 2.06. The summed E-state index contributed by atoms with van der Waals surface area (Å²) >= 11 is 1.78. The first-order chi connectivity index (χ1) is 13.1. The summed E-state index contributed by atoms with van der Waals surface area (Å²) in [4.78, 5) is 10.4. The average Bonchev–Trinajstić information content (AvgIpc) is 3.26. The fraction of sp³-hybridized carbons (Fsp3) is 0.667. The number of hydrogen-bond donors (Lipinski definition) is 2. The molecule has 2 heterocycles. The molecule has 0 spiro atoms. The molecule has 0 fully saturated rings. The molecule has 0 bridgehead atoms. The van der Waals surface area contributed by atoms with Gasteiger partial charge in [-0.05, 0) is 26.7 Å². The van der Waals surface area contributed by atoms with E-state index in [9.17, 15) is 0 Å². The van der Waals surface area contributed by atoms with Crippen molar-refractivity contribution in [3.63, 3.8) is 0 Å². The largest absolute Gasteiger partial charge is 0.382 e. The zero-order chi connectivity index (χ0) is 19.5. The van der Waals surface area contributed by atoms with Gasteiger partial charge in [0, 0.05) is 50.8 Å². The molecule has 27 heavy (non-hydrogen) atoms. The van der Waals surface area contributed by atoms with E-state index >= 15 is 0 Å². The Bertz CT molecular complexity index is 710. The molecule has 0 atom stereocenters. The number of hydrogen-bond acceptors (Lipinski definition) is 6. The van der Waals surface area contributed by atoms with Crippen LogP contribution in [0.2, 0.25) is 0 Å². The number of nitrogens with zero attached hydrogens (tertiary/aromatic N) is 5. The van der Waals surface area contributed by atoms with E-state index in [1.165, 1.54) is 4.88 Å². The maximum Gasteiger partial charge on any atom is 0.191 e. The number of nitrogens with one attached hydrogen (secondary N) is 2. The van der Waals surface area contributed by atoms with E-state index in [0.717, 1.165) is 68.2 Å². The highest BCUT2D eigenvalue weighted by atomic mass is 32.1. The van der Waals surface area contributed by atoms with Crippen LogP contribution in [0.15, 0.2) is 11.2 Å². The summed E-state index contributed by atoms with van der Waals surface area (Å²) in [5.41, 5.74) is 0. The van der Waals surface area contributed by atoms with E-state index in [1.54, 1.807) is 11.3 Å². The first-order valence-electron chi connectivity index (χ1n) is 9.52. The Balaban J connectivity index is 1.87. The van der Waals surface area contributed by atoms with Crippen LogP contribution in [0.25, 0.3) is 0 Å². The molecule has 9 heteroatoms. The van der Waals surface area contributed by atoms with E-state index < -0.39 is 0 Å². The third-order valence-corrected chi connectivity index (χ3v) is 5.31. The number of guanidine groups is 1. The lowest BCUT2D eigenvalue weighted by atomic mass is 10.4. The minimum Gasteiger partial charge on any atom is -0.382 e. The van der Waals surface area contributed by atoms with Gasteiger partial charge in [0.05, 0.1) is 5.01 Å². The number of thiazole rings is 1. The van der Waals surface area contributed by atoms with Crippen LogP contribution in [0, 0.1) is 6.92 Å². The summed E-state index contributed by atoms with van der Waals surface area (Å²) in [7, 11) is 1.95. The van der Waals surface area contributed by atoms with Crippen molar-refractivity contribution in [3.8, 4) is 0 Å². The van der Waals surface area contributed by atoms with Gasteiger partial charge in [0.1, 0.15) is 12.4 Å². The maximum atomic E-state index is 5.39. The SMILES string of the molecule is CCOCCCNC(=NCc1nnc(C)n1C)NCCc1ncc(CC)s1. The first kappa shape index (κ1) is 21.3. The molecule has 2 rings (SSSR count). The predicted octanol–water partition coefficient (Wildman–Crippen LogP) is 1.85. The fourth-order valence-electron chi connectivity index (χ4n) is 2.35. The van der Waals surface area contributed by atoms with Crippen molar-refractivity contribution in [1.29, 1.82) is 0 Å². The third kappa shape index (κ3) is 7.26. The lowest BCUT2D eigenvalue weighted by Crippen LogP contribution is -2.39. The van der Waals surface area contributed by atoms with Crippen molar-refractivity contribution < 1.29 is 4.74 Å². The van der Waals surface area contributed by atoms with E-state index in [-0.39, 0.29) is 0 Å². The lowest BCUT2D eigenvalue weighted by Gasteiger charge is -2.12. The first-order valence-corrected chi connectivity index (χ1v) is 10.3. The van der Waals surface area contributed by atoms with Gasteiger partial charge in [-0.3, -0.25) is 0 Å². The number of aryl methyl sites for hydroxylation is 2. The van der Waals surface area contributed by atoms with Gasteiger partial charge in [0.2, 0.25) is 0 Å². The van der Waals surface area contributed by atoms with Crippen LogP contribution < -0.4 is 10.6 Å². The smallest absolute Gasteiger partial charge is 0.191 e. The molecule has 0 amide bonds. The Morgan fingerprint density at radius 1 is 1.26 bits per heavy atom. The zero-order valence-electron chi connectivity index (χ0n) is 16.8. The van der Waals surface area contributed by atoms with Gasteiger partial charge in [0.25, 0.3) is 0 Å². The molecule has 0 radical (unpaired) electrons. The molecule has 0 saturated carbocycles. The minimum absolute atomic E-state index is 0.482. The normalized spacial score (nSPS) is 11.8. The van der Waals surface area contributed by atoms with Gasteiger partial charge in [-0.15, -0.1) is 21.5 Å². The van der Waals surface area contributed by atoms with E-state index in [2.05, 4.69) is 37.7 Å². The highest BCUT2D eigenvalue weighted by molar-refractivity contribution is 7.11. The van der Waals surface area contributed by atoms with E-state index in [4.69, 9.17) is 4.74 Å². The highest BCUT2D eigenvalue weighted by Crippen LogP contribution is 2.13. The lowest BCUT2D eigenvalue weighted by molar-refractivity contribution is 0.145. The Labute approximate surface area is 165 Å². The predicted molar refractivity (Wildman–Crippen MR) is 109 cm³/mol. The second-order valence-corrected chi connectivity index (χ2v) is 7.31. The van der Waals surface area contributed by atoms with Crippen LogP contribution in [0.5, 0.6) is 0 Å². The van der Waals surface area contributed by atoms with Gasteiger partial charge in [0.15, 0.2) is 11.8 Å². The summed E-state index contributed by atoms with van der Waals surface area (Å²) in [6.07, 6.45) is 4.82. The molecule has 2 N–H and O–H groups in total.